The summed E-state index contributed by atoms with van der Waals surface area (Å²) in [6.45, 7) is 9.89. The van der Waals surface area contributed by atoms with Crippen LogP contribution in [0.15, 0.2) is 66.5 Å². The van der Waals surface area contributed by atoms with Crippen LogP contribution < -0.4 is 10.5 Å². The Morgan fingerprint density at radius 2 is 1.92 bits per heavy atom. The number of hydrogen-bond donors (Lipinski definition) is 1. The Hall–Kier alpha value is -4.90. The van der Waals surface area contributed by atoms with E-state index in [0.717, 1.165) is 32.8 Å². The molecule has 0 saturated carbocycles. The van der Waals surface area contributed by atoms with Crippen molar-refractivity contribution in [1.82, 2.24) is 34.4 Å². The van der Waals surface area contributed by atoms with Gasteiger partial charge in [-0.2, -0.15) is 10.4 Å². The molecule has 3 aliphatic heterocycles. The minimum Gasteiger partial charge on any atom is -0.457 e. The van der Waals surface area contributed by atoms with E-state index in [2.05, 4.69) is 39.7 Å². The molecule has 13 heteroatoms. The topological polar surface area (TPSA) is 139 Å². The molecule has 2 aromatic carbocycles. The molecule has 4 aromatic rings. The molecule has 254 valence electrons. The van der Waals surface area contributed by atoms with Gasteiger partial charge in [0, 0.05) is 62.5 Å². The number of fused-ring (bicyclic) bond motifs is 2. The van der Waals surface area contributed by atoms with Gasteiger partial charge in [-0.05, 0) is 57.0 Å². The van der Waals surface area contributed by atoms with Crippen molar-refractivity contribution in [3.63, 3.8) is 0 Å². The Bertz CT molecular complexity index is 1920. The fraction of sp³-hybridized carbons (Fsp3) is 0.417. The van der Waals surface area contributed by atoms with Gasteiger partial charge < -0.3 is 20.1 Å². The van der Waals surface area contributed by atoms with Crippen LogP contribution in [-0.2, 0) is 9.53 Å². The number of nitrogens with zero attached hydrogens (tertiary/aromatic N) is 8. The van der Waals surface area contributed by atoms with Crippen molar-refractivity contribution in [3.8, 4) is 28.8 Å². The van der Waals surface area contributed by atoms with Crippen LogP contribution in [0.2, 0.25) is 0 Å². The summed E-state index contributed by atoms with van der Waals surface area (Å²) in [6.07, 6.45) is 4.57. The average Bonchev–Trinajstić information content (AvgIpc) is 3.51. The van der Waals surface area contributed by atoms with E-state index in [1.54, 1.807) is 33.8 Å². The number of nitrogens with two attached hydrogens (primary N) is 1. The van der Waals surface area contributed by atoms with Crippen LogP contribution in [0.5, 0.6) is 11.5 Å². The molecule has 0 radical (unpaired) electrons. The van der Waals surface area contributed by atoms with Crippen molar-refractivity contribution in [2.75, 3.05) is 58.2 Å². The number of carbonyl (C=O) groups excluding carboxylic acids is 1. The Labute approximate surface area is 284 Å². The van der Waals surface area contributed by atoms with E-state index < -0.39 is 11.4 Å². The fourth-order valence-corrected chi connectivity index (χ4v) is 7.18. The Morgan fingerprint density at radius 1 is 1.08 bits per heavy atom. The number of para-hydroxylation sites is 1. The van der Waals surface area contributed by atoms with E-state index >= 15 is 4.39 Å². The number of ether oxygens (including phenoxy) is 2. The van der Waals surface area contributed by atoms with Crippen LogP contribution >= 0.6 is 0 Å². The molecule has 2 aromatic heterocycles. The van der Waals surface area contributed by atoms with Crippen LogP contribution in [0.3, 0.4) is 0 Å². The third kappa shape index (κ3) is 6.59. The van der Waals surface area contributed by atoms with Gasteiger partial charge in [-0.25, -0.2) is 19.0 Å². The lowest BCUT2D eigenvalue weighted by molar-refractivity contribution is -0.128. The third-order valence-corrected chi connectivity index (χ3v) is 9.82. The summed E-state index contributed by atoms with van der Waals surface area (Å²) >= 11 is 0. The minimum absolute atomic E-state index is 0.116. The van der Waals surface area contributed by atoms with E-state index in [-0.39, 0.29) is 28.9 Å². The quantitative estimate of drug-likeness (QED) is 0.223. The fourth-order valence-electron chi connectivity index (χ4n) is 7.18. The maximum atomic E-state index is 15.7. The monoisotopic (exact) mass is 665 g/mol. The highest BCUT2D eigenvalue weighted by Crippen LogP contribution is 2.36. The first-order valence-electron chi connectivity index (χ1n) is 16.7. The zero-order chi connectivity index (χ0) is 34.1. The Kier molecular flexibility index (Phi) is 9.02. The number of nitriles is 1. The number of hydrogen-bond acceptors (Lipinski definition) is 10. The number of rotatable bonds is 7. The normalized spacial score (nSPS) is 20.9. The zero-order valence-electron chi connectivity index (χ0n) is 27.8. The molecular weight excluding hydrogens is 625 g/mol. The van der Waals surface area contributed by atoms with Gasteiger partial charge in [0.1, 0.15) is 46.8 Å². The lowest BCUT2D eigenvalue weighted by Gasteiger charge is -2.48. The second-order valence-electron chi connectivity index (χ2n) is 13.4. The van der Waals surface area contributed by atoms with Gasteiger partial charge in [0.2, 0.25) is 0 Å². The molecule has 3 aliphatic rings. The number of halogens is 1. The number of piperidine rings is 1. The first-order valence-corrected chi connectivity index (χ1v) is 16.7. The highest BCUT2D eigenvalue weighted by molar-refractivity contribution is 5.99. The molecule has 3 saturated heterocycles. The van der Waals surface area contributed by atoms with E-state index in [1.165, 1.54) is 12.4 Å². The van der Waals surface area contributed by atoms with Crippen LogP contribution in [0.25, 0.3) is 22.3 Å². The third-order valence-electron chi connectivity index (χ3n) is 9.82. The van der Waals surface area contributed by atoms with Gasteiger partial charge in [-0.1, -0.05) is 18.2 Å². The first-order chi connectivity index (χ1) is 23.7. The van der Waals surface area contributed by atoms with Crippen molar-refractivity contribution in [2.45, 2.75) is 44.3 Å². The molecule has 0 aliphatic carbocycles. The average molecular weight is 666 g/mol. The number of nitrogen functional groups attached to an aromatic ring is 1. The predicted octanol–water partition coefficient (Wildman–Crippen LogP) is 4.42. The van der Waals surface area contributed by atoms with Gasteiger partial charge in [0.05, 0.1) is 24.6 Å². The number of amides is 1. The van der Waals surface area contributed by atoms with Gasteiger partial charge in [0.15, 0.2) is 5.65 Å². The van der Waals surface area contributed by atoms with Crippen molar-refractivity contribution in [3.05, 3.63) is 72.3 Å². The molecule has 0 unspecified atom stereocenters. The van der Waals surface area contributed by atoms with Gasteiger partial charge >= 0.3 is 0 Å². The molecule has 2 N–H and O–H groups in total. The number of benzene rings is 2. The maximum Gasteiger partial charge on any atom is 0.264 e. The van der Waals surface area contributed by atoms with E-state index in [1.807, 2.05) is 24.3 Å². The SMILES string of the molecule is CC(C)(C=C(C#N)C(=O)N1CCC[C@@H](n2nc(-c3ccc(Oc4ccccc4)cc3F)c3c(N)ncnc32)C1)N1CCN2CCOC[C@@H]2C1. The summed E-state index contributed by atoms with van der Waals surface area (Å²) < 4.78 is 28.9. The second-order valence-corrected chi connectivity index (χ2v) is 13.4. The number of morpholine rings is 1. The van der Waals surface area contributed by atoms with Crippen LogP contribution in [-0.4, -0.2) is 104 Å². The summed E-state index contributed by atoms with van der Waals surface area (Å²) in [5.74, 6) is 0.264. The molecule has 1 amide bonds. The van der Waals surface area contributed by atoms with E-state index in [4.69, 9.17) is 20.3 Å². The highest BCUT2D eigenvalue weighted by Gasteiger charge is 2.37. The van der Waals surface area contributed by atoms with Gasteiger partial charge in [0.25, 0.3) is 5.91 Å². The highest BCUT2D eigenvalue weighted by atomic mass is 19.1. The van der Waals surface area contributed by atoms with Gasteiger partial charge in [-0.3, -0.25) is 14.6 Å². The first kappa shape index (κ1) is 32.6. The number of aromatic nitrogens is 4. The molecule has 5 heterocycles. The van der Waals surface area contributed by atoms with Crippen LogP contribution in [0.1, 0.15) is 32.7 Å². The molecule has 7 rings (SSSR count). The Morgan fingerprint density at radius 3 is 2.71 bits per heavy atom. The second kappa shape index (κ2) is 13.5. The van der Waals surface area contributed by atoms with Crippen molar-refractivity contribution < 1.29 is 18.7 Å². The molecule has 0 spiro atoms. The number of likely N-dealkylation sites (tertiary alicyclic amines) is 1. The zero-order valence-corrected chi connectivity index (χ0v) is 27.8. The summed E-state index contributed by atoms with van der Waals surface area (Å²) in [5.41, 5.74) is 6.93. The maximum absolute atomic E-state index is 15.7. The molecular formula is C36H40FN9O3. The van der Waals surface area contributed by atoms with Crippen LogP contribution in [0, 0.1) is 17.1 Å². The molecule has 3 fully saturated rings. The van der Waals surface area contributed by atoms with Crippen molar-refractivity contribution >= 4 is 22.8 Å². The molecule has 12 nitrogen and oxygen atoms in total. The molecule has 49 heavy (non-hydrogen) atoms. The van der Waals surface area contributed by atoms with E-state index in [9.17, 15) is 10.1 Å². The Balaban J connectivity index is 1.13. The summed E-state index contributed by atoms with van der Waals surface area (Å²) in [4.78, 5) is 29.1. The lowest BCUT2D eigenvalue weighted by atomic mass is 9.95. The lowest BCUT2D eigenvalue weighted by Crippen LogP contribution is -2.61. The summed E-state index contributed by atoms with van der Waals surface area (Å²) in [6, 6.07) is 16.0. The largest absolute Gasteiger partial charge is 0.457 e. The standard InChI is InChI=1S/C36H40FN9O3/c1-36(2,45-14-13-43-15-16-48-22-26(43)21-45)18-24(19-38)35(47)44-12-6-7-25(20-44)46-34-31(33(39)40-23-41-34)32(42-46)29-11-10-28(17-30(29)37)49-27-8-4-3-5-9-27/h3-5,8-11,17-18,23,25-26H,6-7,12-16,20-22H2,1-2H3,(H2,39,40,41)/t25-,26+/m1/s1. The minimum atomic E-state index is -0.535. The summed E-state index contributed by atoms with van der Waals surface area (Å²) in [5, 5.41) is 15.5. The number of carbonyl (C=O) groups is 1. The summed E-state index contributed by atoms with van der Waals surface area (Å²) in [7, 11) is 0. The number of piperazine rings is 1. The van der Waals surface area contributed by atoms with E-state index in [0.29, 0.717) is 66.8 Å². The molecule has 2 atom stereocenters. The molecule has 0 bridgehead atoms. The smallest absolute Gasteiger partial charge is 0.264 e. The number of anilines is 1. The van der Waals surface area contributed by atoms with Crippen LogP contribution in [0.4, 0.5) is 10.2 Å². The van der Waals surface area contributed by atoms with Crippen molar-refractivity contribution in [2.24, 2.45) is 0 Å². The van der Waals surface area contributed by atoms with Crippen molar-refractivity contribution in [1.29, 1.82) is 5.26 Å². The predicted molar refractivity (Wildman–Crippen MR) is 182 cm³/mol. The van der Waals surface area contributed by atoms with Gasteiger partial charge in [-0.15, -0.1) is 0 Å².